The minimum atomic E-state index is -0.263. The molecule has 0 unspecified atom stereocenters. The Morgan fingerprint density at radius 3 is 2.06 bits per heavy atom. The predicted molar refractivity (Wildman–Crippen MR) is 78.8 cm³/mol. The summed E-state index contributed by atoms with van der Waals surface area (Å²) in [4.78, 5) is 0. The molecule has 0 atom stereocenters. The molecule has 0 bridgehead atoms. The van der Waals surface area contributed by atoms with Crippen LogP contribution >= 0.6 is 10.0 Å². The molecule has 1 heteroatoms. The highest BCUT2D eigenvalue weighted by molar-refractivity contribution is 8.32. The summed E-state index contributed by atoms with van der Waals surface area (Å²) < 4.78 is 0. The van der Waals surface area contributed by atoms with Crippen LogP contribution in [0.1, 0.15) is 31.2 Å². The van der Waals surface area contributed by atoms with Gasteiger partial charge in [0.1, 0.15) is 0 Å². The molecule has 0 nitrogen and oxygen atoms in total. The Balaban J connectivity index is 2.01. The molecule has 0 aliphatic rings. The minimum Gasteiger partial charge on any atom is -0.250 e. The van der Waals surface area contributed by atoms with Crippen LogP contribution in [0.2, 0.25) is 0 Å². The van der Waals surface area contributed by atoms with E-state index in [0.29, 0.717) is 0 Å². The third-order valence-electron chi connectivity index (χ3n) is 2.81. The van der Waals surface area contributed by atoms with Gasteiger partial charge in [-0.05, 0) is 49.3 Å². The summed E-state index contributed by atoms with van der Waals surface area (Å²) in [7, 11) is -0.263. The molecular weight excluding hydrogens is 212 g/mol. The lowest BCUT2D eigenvalue weighted by molar-refractivity contribution is 0.669. The molecule has 0 radical (unpaired) electrons. The van der Waals surface area contributed by atoms with Gasteiger partial charge >= 0.3 is 0 Å². The fourth-order valence-corrected chi connectivity index (χ4v) is 2.93. The van der Waals surface area contributed by atoms with Crippen molar-refractivity contribution < 1.29 is 0 Å². The van der Waals surface area contributed by atoms with Gasteiger partial charge in [0, 0.05) is 0 Å². The molecule has 0 aliphatic heterocycles. The van der Waals surface area contributed by atoms with Crippen molar-refractivity contribution in [3.63, 3.8) is 0 Å². The number of rotatable bonds is 7. The van der Waals surface area contributed by atoms with E-state index in [1.54, 1.807) is 0 Å². The van der Waals surface area contributed by atoms with E-state index in [9.17, 15) is 0 Å². The second-order valence-electron chi connectivity index (χ2n) is 5.44. The molecule has 0 amide bonds. The highest BCUT2D eigenvalue weighted by Crippen LogP contribution is 2.35. The summed E-state index contributed by atoms with van der Waals surface area (Å²) >= 11 is 0. The maximum atomic E-state index is 2.41. The van der Waals surface area contributed by atoms with Crippen LogP contribution in [0, 0.1) is 0 Å². The Kier molecular flexibility index (Phi) is 5.97. The van der Waals surface area contributed by atoms with Crippen molar-refractivity contribution in [3.05, 3.63) is 35.9 Å². The molecular formula is C15H26S. The number of hydrogen-bond donors (Lipinski definition) is 0. The molecule has 1 aromatic carbocycles. The van der Waals surface area contributed by atoms with Crippen molar-refractivity contribution in [1.29, 1.82) is 0 Å². The third-order valence-corrected chi connectivity index (χ3v) is 4.33. The van der Waals surface area contributed by atoms with Gasteiger partial charge in [0.25, 0.3) is 0 Å². The highest BCUT2D eigenvalue weighted by atomic mass is 32.3. The van der Waals surface area contributed by atoms with Gasteiger partial charge in [0.15, 0.2) is 0 Å². The van der Waals surface area contributed by atoms with Crippen molar-refractivity contribution >= 4 is 10.0 Å². The molecule has 0 N–H and O–H groups in total. The van der Waals surface area contributed by atoms with Crippen LogP contribution in [0.3, 0.4) is 0 Å². The van der Waals surface area contributed by atoms with Crippen molar-refractivity contribution in [1.82, 2.24) is 0 Å². The Hall–Kier alpha value is -0.430. The first kappa shape index (κ1) is 13.6. The van der Waals surface area contributed by atoms with Gasteiger partial charge in [0.05, 0.1) is 0 Å². The number of hydrogen-bond acceptors (Lipinski definition) is 0. The first-order valence-corrected chi connectivity index (χ1v) is 9.30. The molecule has 0 heterocycles. The van der Waals surface area contributed by atoms with E-state index < -0.39 is 0 Å². The average molecular weight is 238 g/mol. The zero-order valence-electron chi connectivity index (χ0n) is 11.0. The lowest BCUT2D eigenvalue weighted by Crippen LogP contribution is -1.98. The number of unbranched alkanes of at least 4 members (excludes halogenated alkanes) is 3. The zero-order chi connectivity index (χ0) is 11.9. The topological polar surface area (TPSA) is 0 Å². The van der Waals surface area contributed by atoms with Gasteiger partial charge in [-0.3, -0.25) is 0 Å². The van der Waals surface area contributed by atoms with E-state index in [-0.39, 0.29) is 10.0 Å². The van der Waals surface area contributed by atoms with Gasteiger partial charge < -0.3 is 0 Å². The van der Waals surface area contributed by atoms with Crippen LogP contribution < -0.4 is 0 Å². The summed E-state index contributed by atoms with van der Waals surface area (Å²) in [6, 6.07) is 10.8. The Bertz CT molecular complexity index is 271. The van der Waals surface area contributed by atoms with Crippen LogP contribution in [0.4, 0.5) is 0 Å². The SMILES string of the molecule is CS(C)(C)CCCCCCc1ccccc1. The lowest BCUT2D eigenvalue weighted by atomic mass is 10.1. The summed E-state index contributed by atoms with van der Waals surface area (Å²) in [6.07, 6.45) is 14.1. The molecule has 1 aromatic rings. The number of benzene rings is 1. The largest absolute Gasteiger partial charge is 0.250 e. The van der Waals surface area contributed by atoms with Crippen molar-refractivity contribution in [3.8, 4) is 0 Å². The molecule has 0 fully saturated rings. The monoisotopic (exact) mass is 238 g/mol. The van der Waals surface area contributed by atoms with Crippen LogP contribution in [-0.2, 0) is 6.42 Å². The van der Waals surface area contributed by atoms with E-state index in [1.165, 1.54) is 43.4 Å². The van der Waals surface area contributed by atoms with Crippen LogP contribution in [0.25, 0.3) is 0 Å². The van der Waals surface area contributed by atoms with Gasteiger partial charge in [-0.1, -0.05) is 43.2 Å². The predicted octanol–water partition coefficient (Wildman–Crippen LogP) is 4.48. The standard InChI is InChI=1S/C15H26S/c1-16(2,3)14-10-5-4-7-11-15-12-8-6-9-13-15/h6,8-9,12-13H,4-5,7,10-11,14H2,1-3H3. The van der Waals surface area contributed by atoms with Gasteiger partial charge in [-0.25, -0.2) is 10.0 Å². The Labute approximate surface area is 103 Å². The lowest BCUT2D eigenvalue weighted by Gasteiger charge is -2.24. The quantitative estimate of drug-likeness (QED) is 0.614. The fourth-order valence-electron chi connectivity index (χ4n) is 1.86. The van der Waals surface area contributed by atoms with Crippen molar-refractivity contribution in [2.45, 2.75) is 32.1 Å². The minimum absolute atomic E-state index is 0.263. The second-order valence-corrected chi connectivity index (χ2v) is 10.0. The maximum absolute atomic E-state index is 2.41. The first-order chi connectivity index (χ1) is 7.58. The summed E-state index contributed by atoms with van der Waals surface area (Å²) in [5.41, 5.74) is 1.49. The summed E-state index contributed by atoms with van der Waals surface area (Å²) in [5.74, 6) is 1.44. The van der Waals surface area contributed by atoms with Gasteiger partial charge in [-0.2, -0.15) is 0 Å². The van der Waals surface area contributed by atoms with Crippen LogP contribution in [0.15, 0.2) is 30.3 Å². The van der Waals surface area contributed by atoms with Crippen molar-refractivity contribution in [2.75, 3.05) is 24.5 Å². The van der Waals surface area contributed by atoms with Crippen LogP contribution in [0.5, 0.6) is 0 Å². The molecule has 0 spiro atoms. The molecule has 0 saturated carbocycles. The van der Waals surface area contributed by atoms with Crippen LogP contribution in [-0.4, -0.2) is 24.5 Å². The molecule has 0 aromatic heterocycles. The smallest absolute Gasteiger partial charge is 0.0235 e. The van der Waals surface area contributed by atoms with Gasteiger partial charge in [0.2, 0.25) is 0 Å². The summed E-state index contributed by atoms with van der Waals surface area (Å²) in [6.45, 7) is 0. The van der Waals surface area contributed by atoms with E-state index >= 15 is 0 Å². The van der Waals surface area contributed by atoms with Gasteiger partial charge in [-0.15, -0.1) is 0 Å². The number of aryl methyl sites for hydroxylation is 1. The van der Waals surface area contributed by atoms with E-state index in [2.05, 4.69) is 49.1 Å². The first-order valence-electron chi connectivity index (χ1n) is 6.28. The Morgan fingerprint density at radius 1 is 0.812 bits per heavy atom. The molecule has 16 heavy (non-hydrogen) atoms. The van der Waals surface area contributed by atoms with E-state index in [1.807, 2.05) is 0 Å². The fraction of sp³-hybridized carbons (Fsp3) is 0.600. The molecule has 1 rings (SSSR count). The average Bonchev–Trinajstić information content (AvgIpc) is 2.23. The maximum Gasteiger partial charge on any atom is -0.0235 e. The second kappa shape index (κ2) is 7.01. The third kappa shape index (κ3) is 6.95. The molecule has 0 saturated heterocycles. The normalized spacial score (nSPS) is 12.7. The molecule has 0 aliphatic carbocycles. The zero-order valence-corrected chi connectivity index (χ0v) is 11.9. The highest BCUT2D eigenvalue weighted by Gasteiger charge is 2.02. The van der Waals surface area contributed by atoms with E-state index in [4.69, 9.17) is 0 Å². The van der Waals surface area contributed by atoms with E-state index in [0.717, 1.165) is 0 Å². The van der Waals surface area contributed by atoms with Crippen molar-refractivity contribution in [2.24, 2.45) is 0 Å². The summed E-state index contributed by atoms with van der Waals surface area (Å²) in [5, 5.41) is 0. The molecule has 92 valence electrons. The Morgan fingerprint density at radius 2 is 1.44 bits per heavy atom.